The molecule has 0 unspecified atom stereocenters. The van der Waals surface area contributed by atoms with Gasteiger partial charge in [-0.3, -0.25) is 0 Å². The molecule has 0 atom stereocenters. The monoisotopic (exact) mass is 536 g/mol. The number of carbonyl (C=O) groups excluding carboxylic acids is 1. The lowest BCUT2D eigenvalue weighted by atomic mass is 9.70. The van der Waals surface area contributed by atoms with Crippen LogP contribution in [0, 0.1) is 5.92 Å². The average molecular weight is 537 g/mol. The van der Waals surface area contributed by atoms with E-state index in [1.807, 2.05) is 13.0 Å². The van der Waals surface area contributed by atoms with Crippen molar-refractivity contribution in [2.24, 2.45) is 5.92 Å². The summed E-state index contributed by atoms with van der Waals surface area (Å²) in [4.78, 5) is 15.2. The van der Waals surface area contributed by atoms with Crippen LogP contribution in [0.3, 0.4) is 0 Å². The highest BCUT2D eigenvalue weighted by Gasteiger charge is 2.32. The van der Waals surface area contributed by atoms with Gasteiger partial charge in [0.2, 0.25) is 0 Å². The maximum atomic E-state index is 12.8. The third-order valence-corrected chi connectivity index (χ3v) is 9.28. The Morgan fingerprint density at radius 1 is 1.05 bits per heavy atom. The van der Waals surface area contributed by atoms with Crippen molar-refractivity contribution < 1.29 is 9.53 Å². The van der Waals surface area contributed by atoms with Gasteiger partial charge in [0.1, 0.15) is 0 Å². The first kappa shape index (κ1) is 27.1. The molecule has 3 aromatic rings. The summed E-state index contributed by atoms with van der Waals surface area (Å²) in [5.41, 5.74) is 12.0. The number of benzene rings is 2. The Kier molecular flexibility index (Phi) is 7.98. The summed E-state index contributed by atoms with van der Waals surface area (Å²) in [6.07, 6.45) is 15.3. The van der Waals surface area contributed by atoms with Crippen LogP contribution in [-0.4, -0.2) is 35.6 Å². The Bertz CT molecular complexity index is 1470. The van der Waals surface area contributed by atoms with Gasteiger partial charge >= 0.3 is 5.97 Å². The van der Waals surface area contributed by atoms with E-state index in [-0.39, 0.29) is 5.97 Å². The van der Waals surface area contributed by atoms with E-state index < -0.39 is 0 Å². The second-order valence-electron chi connectivity index (χ2n) is 12.1. The summed E-state index contributed by atoms with van der Waals surface area (Å²) in [5.74, 6) is 0.350. The van der Waals surface area contributed by atoms with E-state index in [2.05, 4.69) is 66.0 Å². The number of hydrogen-bond donors (Lipinski definition) is 0. The molecule has 40 heavy (non-hydrogen) atoms. The highest BCUT2D eigenvalue weighted by atomic mass is 16.5. The zero-order chi connectivity index (χ0) is 27.6. The lowest BCUT2D eigenvalue weighted by Gasteiger charge is -2.34. The first-order valence-electron chi connectivity index (χ1n) is 15.6. The van der Waals surface area contributed by atoms with Crippen molar-refractivity contribution in [2.75, 3.05) is 20.2 Å². The molecule has 1 aromatic heterocycles. The summed E-state index contributed by atoms with van der Waals surface area (Å²) in [7, 11) is 2.21. The van der Waals surface area contributed by atoms with Crippen LogP contribution in [0.2, 0.25) is 0 Å². The van der Waals surface area contributed by atoms with Gasteiger partial charge in [-0.05, 0) is 104 Å². The number of aromatic nitrogens is 1. The number of hydrogen-bond acceptors (Lipinski definition) is 3. The van der Waals surface area contributed by atoms with Crippen molar-refractivity contribution in [3.05, 3.63) is 82.1 Å². The van der Waals surface area contributed by atoms with Gasteiger partial charge < -0.3 is 14.2 Å². The fraction of sp³-hybridized carbons (Fsp3) is 0.472. The van der Waals surface area contributed by atoms with E-state index in [0.717, 1.165) is 45.3 Å². The molecule has 0 amide bonds. The maximum absolute atomic E-state index is 12.8. The highest BCUT2D eigenvalue weighted by molar-refractivity contribution is 6.08. The van der Waals surface area contributed by atoms with Crippen LogP contribution < -0.4 is 0 Å². The molecule has 4 heteroatoms. The predicted molar refractivity (Wildman–Crippen MR) is 165 cm³/mol. The number of para-hydroxylation sites is 1. The summed E-state index contributed by atoms with van der Waals surface area (Å²) in [6.45, 7) is 7.79. The maximum Gasteiger partial charge on any atom is 0.338 e. The molecule has 3 aliphatic rings. The van der Waals surface area contributed by atoms with Gasteiger partial charge in [0, 0.05) is 30.2 Å². The molecule has 2 aliphatic carbocycles. The number of aryl methyl sites for hydroxylation is 1. The van der Waals surface area contributed by atoms with Crippen LogP contribution in [-0.2, 0) is 24.2 Å². The number of carbonyl (C=O) groups is 1. The van der Waals surface area contributed by atoms with E-state index >= 15 is 0 Å². The van der Waals surface area contributed by atoms with Crippen LogP contribution in [0.25, 0.3) is 22.0 Å². The first-order chi connectivity index (χ1) is 19.6. The standard InChI is InChI=1S/C36H44N2O2/c1-4-20-40-36(39)27-17-18-30-28(22-27)21-26-14-9-10-19-38-24-29(23-37(3)5-2)31-15-11-16-32(35(31)38)34(26)33(30)25-12-7-6-8-13-25/h11,14-18,22,24-25H,4-10,12-13,19-21,23H2,1-3H3/b26-14+. The summed E-state index contributed by atoms with van der Waals surface area (Å²) >= 11 is 0. The molecule has 2 aromatic carbocycles. The number of fused-ring (bicyclic) bond motifs is 3. The van der Waals surface area contributed by atoms with E-state index in [1.165, 1.54) is 82.0 Å². The molecule has 2 heterocycles. The second kappa shape index (κ2) is 11.8. The Hall–Kier alpha value is -3.11. The molecule has 0 radical (unpaired) electrons. The van der Waals surface area contributed by atoms with E-state index in [9.17, 15) is 4.79 Å². The van der Waals surface area contributed by atoms with E-state index in [0.29, 0.717) is 18.1 Å². The quantitative estimate of drug-likeness (QED) is 0.284. The van der Waals surface area contributed by atoms with Crippen LogP contribution >= 0.6 is 0 Å². The van der Waals surface area contributed by atoms with Crippen LogP contribution in [0.15, 0.2) is 54.2 Å². The summed E-state index contributed by atoms with van der Waals surface area (Å²) in [5, 5.41) is 1.40. The van der Waals surface area contributed by atoms with Crippen molar-refractivity contribution >= 4 is 28.0 Å². The molecule has 210 valence electrons. The predicted octanol–water partition coefficient (Wildman–Crippen LogP) is 8.43. The van der Waals surface area contributed by atoms with Crippen LogP contribution in [0.4, 0.5) is 0 Å². The van der Waals surface area contributed by atoms with Crippen molar-refractivity contribution in [3.63, 3.8) is 0 Å². The summed E-state index contributed by atoms with van der Waals surface area (Å²) in [6, 6.07) is 13.4. The Morgan fingerprint density at radius 3 is 2.70 bits per heavy atom. The molecule has 1 saturated carbocycles. The highest BCUT2D eigenvalue weighted by Crippen LogP contribution is 2.49. The molecule has 6 rings (SSSR count). The minimum atomic E-state index is -0.200. The number of ether oxygens (including phenoxy) is 1. The summed E-state index contributed by atoms with van der Waals surface area (Å²) < 4.78 is 8.06. The molecular weight excluding hydrogens is 492 g/mol. The third kappa shape index (κ3) is 5.07. The van der Waals surface area contributed by atoms with Gasteiger partial charge in [0.25, 0.3) is 0 Å². The smallest absolute Gasteiger partial charge is 0.338 e. The number of rotatable bonds is 7. The molecule has 1 fully saturated rings. The largest absolute Gasteiger partial charge is 0.462 e. The fourth-order valence-corrected chi connectivity index (χ4v) is 7.20. The second-order valence-corrected chi connectivity index (χ2v) is 12.1. The van der Waals surface area contributed by atoms with E-state index in [4.69, 9.17) is 4.74 Å². The molecule has 0 N–H and O–H groups in total. The third-order valence-electron chi connectivity index (χ3n) is 9.28. The van der Waals surface area contributed by atoms with Crippen molar-refractivity contribution in [2.45, 2.75) is 84.7 Å². The molecule has 0 spiro atoms. The fourth-order valence-electron chi connectivity index (χ4n) is 7.20. The zero-order valence-electron chi connectivity index (χ0n) is 24.6. The Balaban J connectivity index is 1.58. The molecule has 0 saturated heterocycles. The van der Waals surface area contributed by atoms with Crippen LogP contribution in [0.1, 0.15) is 97.8 Å². The zero-order valence-corrected chi connectivity index (χ0v) is 24.6. The molecular formula is C36H44N2O2. The SMILES string of the molecule is CCCOC(=O)c1ccc2c(c1)C/C1=C\CCCn3cc(CN(C)CC)c4cccc(c43)C1=C2C1CCCCC1. The van der Waals surface area contributed by atoms with Gasteiger partial charge in [-0.1, -0.05) is 63.5 Å². The lowest BCUT2D eigenvalue weighted by Crippen LogP contribution is -2.18. The van der Waals surface area contributed by atoms with Gasteiger partial charge in [0.05, 0.1) is 17.7 Å². The van der Waals surface area contributed by atoms with E-state index in [1.54, 1.807) is 0 Å². The number of nitrogens with zero attached hydrogens (tertiary/aromatic N) is 2. The van der Waals surface area contributed by atoms with Crippen molar-refractivity contribution in [3.8, 4) is 0 Å². The molecule has 0 bridgehead atoms. The van der Waals surface area contributed by atoms with Gasteiger partial charge in [0.15, 0.2) is 0 Å². The minimum absolute atomic E-state index is 0.200. The molecule has 1 aliphatic heterocycles. The normalized spacial score (nSPS) is 18.9. The van der Waals surface area contributed by atoms with Crippen LogP contribution in [0.5, 0.6) is 0 Å². The lowest BCUT2D eigenvalue weighted by molar-refractivity contribution is 0.0505. The average Bonchev–Trinajstić information content (AvgIpc) is 3.36. The first-order valence-corrected chi connectivity index (χ1v) is 15.6. The molecule has 4 nitrogen and oxygen atoms in total. The topological polar surface area (TPSA) is 34.5 Å². The number of esters is 1. The number of allylic oxidation sites excluding steroid dienone is 4. The van der Waals surface area contributed by atoms with Gasteiger partial charge in [-0.15, -0.1) is 0 Å². The van der Waals surface area contributed by atoms with Crippen molar-refractivity contribution in [1.82, 2.24) is 9.47 Å². The van der Waals surface area contributed by atoms with Gasteiger partial charge in [-0.25, -0.2) is 4.79 Å². The Labute approximate surface area is 239 Å². The van der Waals surface area contributed by atoms with Crippen molar-refractivity contribution in [1.29, 1.82) is 0 Å². The van der Waals surface area contributed by atoms with Gasteiger partial charge in [-0.2, -0.15) is 0 Å². The Morgan fingerprint density at radius 2 is 1.90 bits per heavy atom. The minimum Gasteiger partial charge on any atom is -0.462 e.